The Morgan fingerprint density at radius 1 is 0.844 bits per heavy atom. The monoisotopic (exact) mass is 624 g/mol. The maximum Gasteiger partial charge on any atom is 0.339 e. The molecule has 0 aliphatic rings. The number of ether oxygens (including phenoxy) is 2. The molecule has 1 aromatic carbocycles. The third-order valence-corrected chi connectivity index (χ3v) is 6.45. The molecule has 2 amide bonds. The highest BCUT2D eigenvalue weighted by Crippen LogP contribution is 2.22. The molecule has 248 valence electrons. The second kappa shape index (κ2) is 24.4. The second-order valence-corrected chi connectivity index (χ2v) is 10.9. The molecular weight excluding hydrogens is 572 g/mol. The lowest BCUT2D eigenvalue weighted by Crippen LogP contribution is -2.49. The number of hydrogen-bond acceptors (Lipinski definition) is 6. The number of hydrogen-bond donors (Lipinski definition) is 4. The van der Waals surface area contributed by atoms with E-state index in [1.165, 1.54) is 19.2 Å². The number of aromatic hydroxyl groups is 1. The molecule has 45 heavy (non-hydrogen) atoms. The third-order valence-electron chi connectivity index (χ3n) is 6.45. The molecule has 9 heteroatoms. The quantitative estimate of drug-likeness (QED) is 0.0429. The number of unbranched alkanes of at least 4 members (excludes halogenated alkanes) is 2. The molecule has 2 atom stereocenters. The number of amides is 2. The minimum absolute atomic E-state index is 0.0771. The molecule has 1 aromatic rings. The van der Waals surface area contributed by atoms with Crippen LogP contribution in [0.5, 0.6) is 5.75 Å². The van der Waals surface area contributed by atoms with Gasteiger partial charge in [-0.15, -0.1) is 0 Å². The number of benzene rings is 1. The van der Waals surface area contributed by atoms with Gasteiger partial charge in [0.25, 0.3) is 5.91 Å². The summed E-state index contributed by atoms with van der Waals surface area (Å²) < 4.78 is 10.9. The number of nitrogens with one attached hydrogen (secondary N) is 2. The number of carbonyl (C=O) groups excluding carboxylic acids is 2. The second-order valence-electron chi connectivity index (χ2n) is 10.9. The Kier molecular flexibility index (Phi) is 21.2. The van der Waals surface area contributed by atoms with Crippen LogP contribution < -0.4 is 10.6 Å². The van der Waals surface area contributed by atoms with Crippen LogP contribution in [0.25, 0.3) is 0 Å². The van der Waals surface area contributed by atoms with E-state index in [0.29, 0.717) is 13.0 Å². The number of phenols is 1. The Hall–Kier alpha value is -3.95. The zero-order valence-corrected chi connectivity index (χ0v) is 27.2. The van der Waals surface area contributed by atoms with E-state index in [1.54, 1.807) is 0 Å². The smallest absolute Gasteiger partial charge is 0.339 e. The van der Waals surface area contributed by atoms with Crippen molar-refractivity contribution in [2.45, 2.75) is 90.9 Å². The van der Waals surface area contributed by atoms with Gasteiger partial charge in [-0.1, -0.05) is 81.5 Å². The molecule has 9 nitrogen and oxygen atoms in total. The molecule has 0 saturated heterocycles. The Labute approximate surface area is 268 Å². The van der Waals surface area contributed by atoms with Gasteiger partial charge in [-0.3, -0.25) is 9.59 Å². The molecule has 0 aliphatic heterocycles. The van der Waals surface area contributed by atoms with Gasteiger partial charge in [-0.05, 0) is 81.9 Å². The van der Waals surface area contributed by atoms with Crippen LogP contribution in [0.15, 0.2) is 79.0 Å². The van der Waals surface area contributed by atoms with Gasteiger partial charge in [0, 0.05) is 12.8 Å². The summed E-state index contributed by atoms with van der Waals surface area (Å²) in [7, 11) is 1.36. The van der Waals surface area contributed by atoms with E-state index in [4.69, 9.17) is 9.47 Å². The Morgan fingerprint density at radius 3 is 1.96 bits per heavy atom. The summed E-state index contributed by atoms with van der Waals surface area (Å²) in [5.74, 6) is -2.76. The minimum atomic E-state index is -1.33. The number of carboxylic acids is 1. The first-order valence-electron chi connectivity index (χ1n) is 15.8. The van der Waals surface area contributed by atoms with Crippen molar-refractivity contribution >= 4 is 23.5 Å². The summed E-state index contributed by atoms with van der Waals surface area (Å²) in [5, 5.41) is 24.2. The van der Waals surface area contributed by atoms with Crippen molar-refractivity contribution in [2.24, 2.45) is 5.92 Å². The number of carboxylic acid groups (broad SMARTS) is 1. The fourth-order valence-electron chi connectivity index (χ4n) is 4.13. The predicted octanol–water partition coefficient (Wildman–Crippen LogP) is 7.47. The van der Waals surface area contributed by atoms with E-state index in [2.05, 4.69) is 78.3 Å². The van der Waals surface area contributed by atoms with Crippen molar-refractivity contribution < 1.29 is 34.1 Å². The Balaban J connectivity index is 2.37. The molecular formula is C36H52N2O7. The summed E-state index contributed by atoms with van der Waals surface area (Å²) in [6.45, 7) is 6.29. The maximum atomic E-state index is 13.0. The van der Waals surface area contributed by atoms with Crippen molar-refractivity contribution in [1.82, 2.24) is 5.32 Å². The van der Waals surface area contributed by atoms with Crippen LogP contribution in [0, 0.1) is 5.92 Å². The van der Waals surface area contributed by atoms with Crippen LogP contribution in [0.2, 0.25) is 0 Å². The van der Waals surface area contributed by atoms with Gasteiger partial charge in [-0.2, -0.15) is 0 Å². The van der Waals surface area contributed by atoms with Crippen molar-refractivity contribution in [3.63, 3.8) is 0 Å². The summed E-state index contributed by atoms with van der Waals surface area (Å²) in [6.07, 6.45) is 28.2. The number of rotatable bonds is 23. The zero-order chi connectivity index (χ0) is 33.3. The van der Waals surface area contributed by atoms with Crippen molar-refractivity contribution in [3.8, 4) is 5.75 Å². The number of aromatic carboxylic acids is 1. The highest BCUT2D eigenvalue weighted by Gasteiger charge is 2.27. The molecule has 0 fully saturated rings. The average Bonchev–Trinajstić information content (AvgIpc) is 3.00. The van der Waals surface area contributed by atoms with Crippen molar-refractivity contribution in [1.29, 1.82) is 0 Å². The van der Waals surface area contributed by atoms with Gasteiger partial charge in [0.1, 0.15) is 17.4 Å². The van der Waals surface area contributed by atoms with Crippen molar-refractivity contribution in [2.75, 3.05) is 19.0 Å². The molecule has 4 N–H and O–H groups in total. The molecule has 0 radical (unpaired) electrons. The molecule has 2 unspecified atom stereocenters. The molecule has 0 bridgehead atoms. The average molecular weight is 625 g/mol. The van der Waals surface area contributed by atoms with Gasteiger partial charge in [0.15, 0.2) is 0 Å². The van der Waals surface area contributed by atoms with Crippen LogP contribution in [0.1, 0.15) is 88.9 Å². The molecule has 0 spiro atoms. The Morgan fingerprint density at radius 2 is 1.42 bits per heavy atom. The van der Waals surface area contributed by atoms with E-state index >= 15 is 0 Å². The third kappa shape index (κ3) is 18.5. The van der Waals surface area contributed by atoms with E-state index in [0.717, 1.165) is 57.4 Å². The van der Waals surface area contributed by atoms with Gasteiger partial charge in [-0.25, -0.2) is 4.79 Å². The SMILES string of the molecule is CC/C=C\C/C=C\C/C=C\C/C=C\C/C=C\CCCCOC(OC)C(=O)NC(CC(C)C)C(=O)Nc1ccc(O)c(C(=O)O)c1. The van der Waals surface area contributed by atoms with Crippen LogP contribution in [0.3, 0.4) is 0 Å². The normalized spacial score (nSPS) is 13.5. The largest absolute Gasteiger partial charge is 0.507 e. The van der Waals surface area contributed by atoms with E-state index in [9.17, 15) is 24.6 Å². The van der Waals surface area contributed by atoms with E-state index < -0.39 is 35.9 Å². The van der Waals surface area contributed by atoms with Gasteiger partial charge in [0.2, 0.25) is 12.2 Å². The van der Waals surface area contributed by atoms with Crippen LogP contribution in [-0.4, -0.2) is 54.0 Å². The van der Waals surface area contributed by atoms with Gasteiger partial charge in [0.05, 0.1) is 6.61 Å². The summed E-state index contributed by atoms with van der Waals surface area (Å²) in [5.41, 5.74) is -0.156. The topological polar surface area (TPSA) is 134 Å². The zero-order valence-electron chi connectivity index (χ0n) is 27.2. The van der Waals surface area contributed by atoms with Gasteiger partial charge < -0.3 is 30.3 Å². The van der Waals surface area contributed by atoms with Crippen molar-refractivity contribution in [3.05, 3.63) is 84.5 Å². The van der Waals surface area contributed by atoms with E-state index in [-0.39, 0.29) is 17.2 Å². The highest BCUT2D eigenvalue weighted by atomic mass is 16.7. The number of anilines is 1. The standard InChI is InChI=1S/C36H52N2O7/c1-5-6-7-8-9-10-11-12-13-14-15-16-17-18-19-20-21-22-25-45-36(44-4)34(41)38-31(26-28(2)3)33(40)37-29-23-24-32(39)30(27-29)35(42)43/h6-7,9-10,12-13,15-16,18-19,23-24,27-28,31,36,39H,5,8,11,14,17,20-22,25-26H2,1-4H3,(H,37,40)(H,38,41)(H,42,43)/b7-6-,10-9-,13-12-,16-15-,19-18-. The lowest BCUT2D eigenvalue weighted by molar-refractivity contribution is -0.167. The summed E-state index contributed by atoms with van der Waals surface area (Å²) in [4.78, 5) is 37.1. The van der Waals surface area contributed by atoms with Gasteiger partial charge >= 0.3 is 5.97 Å². The fourth-order valence-corrected chi connectivity index (χ4v) is 4.13. The van der Waals surface area contributed by atoms with Crippen LogP contribution >= 0.6 is 0 Å². The number of carbonyl (C=O) groups is 3. The molecule has 0 aliphatic carbocycles. The lowest BCUT2D eigenvalue weighted by atomic mass is 10.0. The molecule has 0 saturated carbocycles. The predicted molar refractivity (Wildman–Crippen MR) is 180 cm³/mol. The lowest BCUT2D eigenvalue weighted by Gasteiger charge is -2.23. The Bertz CT molecular complexity index is 1170. The first-order chi connectivity index (χ1) is 21.7. The first kappa shape index (κ1) is 39.1. The highest BCUT2D eigenvalue weighted by molar-refractivity contribution is 5.99. The molecule has 0 heterocycles. The fraction of sp³-hybridized carbons (Fsp3) is 0.472. The molecule has 0 aromatic heterocycles. The molecule has 1 rings (SSSR count). The minimum Gasteiger partial charge on any atom is -0.507 e. The summed E-state index contributed by atoms with van der Waals surface area (Å²) >= 11 is 0. The van der Waals surface area contributed by atoms with E-state index in [1.807, 2.05) is 13.8 Å². The number of allylic oxidation sites excluding steroid dienone is 10. The van der Waals surface area contributed by atoms with Crippen LogP contribution in [0.4, 0.5) is 5.69 Å². The van der Waals surface area contributed by atoms with Crippen LogP contribution in [-0.2, 0) is 19.1 Å². The number of methoxy groups -OCH3 is 1. The first-order valence-corrected chi connectivity index (χ1v) is 15.8. The summed E-state index contributed by atoms with van der Waals surface area (Å²) in [6, 6.07) is 2.82. The maximum absolute atomic E-state index is 13.0.